The van der Waals surface area contributed by atoms with Gasteiger partial charge in [-0.15, -0.1) is 0 Å². The molecule has 2 aromatic rings. The van der Waals surface area contributed by atoms with E-state index in [4.69, 9.17) is 14.0 Å². The third-order valence-corrected chi connectivity index (χ3v) is 5.05. The number of nitrogens with zero attached hydrogens (tertiary/aromatic N) is 3. The molecule has 1 aromatic heterocycles. The fourth-order valence-corrected chi connectivity index (χ4v) is 3.42. The zero-order valence-electron chi connectivity index (χ0n) is 15.6. The highest BCUT2D eigenvalue weighted by molar-refractivity contribution is 5.93. The van der Waals surface area contributed by atoms with Crippen LogP contribution >= 0.6 is 0 Å². The van der Waals surface area contributed by atoms with Gasteiger partial charge >= 0.3 is 0 Å². The number of anilines is 1. The molecule has 0 spiro atoms. The van der Waals surface area contributed by atoms with Crippen molar-refractivity contribution in [2.45, 2.75) is 26.4 Å². The van der Waals surface area contributed by atoms with E-state index in [1.807, 2.05) is 26.0 Å². The molecule has 1 fully saturated rings. The number of ether oxygens (including phenoxy) is 2. The number of nitrogens with one attached hydrogen (secondary N) is 1. The Labute approximate surface area is 158 Å². The van der Waals surface area contributed by atoms with E-state index in [1.165, 1.54) is 5.56 Å². The van der Waals surface area contributed by atoms with Crippen molar-refractivity contribution in [3.8, 4) is 11.5 Å². The molecule has 144 valence electrons. The van der Waals surface area contributed by atoms with Crippen molar-refractivity contribution >= 4 is 11.8 Å². The number of aryl methyl sites for hydroxylation is 1. The van der Waals surface area contributed by atoms with Gasteiger partial charge in [0.05, 0.1) is 11.7 Å². The summed E-state index contributed by atoms with van der Waals surface area (Å²) in [5, 5.41) is 6.57. The van der Waals surface area contributed by atoms with Crippen molar-refractivity contribution in [2.24, 2.45) is 0 Å². The first-order valence-corrected chi connectivity index (χ1v) is 9.17. The molecule has 0 bridgehead atoms. The number of hydrogen-bond acceptors (Lipinski definition) is 7. The van der Waals surface area contributed by atoms with Crippen molar-refractivity contribution in [3.63, 3.8) is 0 Å². The lowest BCUT2D eigenvalue weighted by atomic mass is 10.1. The van der Waals surface area contributed by atoms with Gasteiger partial charge < -0.3 is 14.0 Å². The normalized spacial score (nSPS) is 18.4. The summed E-state index contributed by atoms with van der Waals surface area (Å²) in [6.45, 7) is 8.41. The highest BCUT2D eigenvalue weighted by Crippen LogP contribution is 2.32. The smallest absolute Gasteiger partial charge is 0.243 e. The summed E-state index contributed by atoms with van der Waals surface area (Å²) in [4.78, 5) is 17.0. The average molecular weight is 372 g/mol. The predicted octanol–water partition coefficient (Wildman–Crippen LogP) is 1.86. The number of carbonyl (C=O) groups excluding carboxylic acids is 1. The minimum Gasteiger partial charge on any atom is -0.454 e. The molecule has 8 heteroatoms. The molecule has 0 saturated carbocycles. The molecule has 0 aliphatic carbocycles. The first-order chi connectivity index (χ1) is 13.1. The minimum atomic E-state index is -0.219. The third kappa shape index (κ3) is 4.06. The number of fused-ring (bicyclic) bond motifs is 1. The van der Waals surface area contributed by atoms with Crippen molar-refractivity contribution in [1.82, 2.24) is 15.0 Å². The van der Waals surface area contributed by atoms with E-state index in [2.05, 4.69) is 26.3 Å². The number of aromatic nitrogens is 1. The van der Waals surface area contributed by atoms with Gasteiger partial charge in [-0.25, -0.2) is 0 Å². The quantitative estimate of drug-likeness (QED) is 0.858. The van der Waals surface area contributed by atoms with E-state index < -0.39 is 0 Å². The molecule has 1 unspecified atom stereocenters. The van der Waals surface area contributed by atoms with Crippen LogP contribution in [0.2, 0.25) is 0 Å². The van der Waals surface area contributed by atoms with Gasteiger partial charge in [0.2, 0.25) is 18.6 Å². The maximum atomic E-state index is 12.4. The fourth-order valence-electron chi connectivity index (χ4n) is 3.42. The molecule has 1 amide bonds. The topological polar surface area (TPSA) is 80.1 Å². The maximum absolute atomic E-state index is 12.4. The Hall–Kier alpha value is -2.58. The molecule has 2 aliphatic rings. The molecule has 1 aromatic carbocycles. The van der Waals surface area contributed by atoms with Crippen LogP contribution in [0.4, 0.5) is 5.88 Å². The van der Waals surface area contributed by atoms with E-state index in [0.29, 0.717) is 12.7 Å². The molecule has 2 aliphatic heterocycles. The van der Waals surface area contributed by atoms with E-state index in [1.54, 1.807) is 6.07 Å². The molecular formula is C19H24N4O4. The van der Waals surface area contributed by atoms with Crippen molar-refractivity contribution in [3.05, 3.63) is 35.5 Å². The number of piperazine rings is 1. The van der Waals surface area contributed by atoms with Crippen LogP contribution in [0.15, 0.2) is 28.8 Å². The Bertz CT molecular complexity index is 814. The Morgan fingerprint density at radius 2 is 1.96 bits per heavy atom. The second-order valence-corrected chi connectivity index (χ2v) is 7.00. The van der Waals surface area contributed by atoms with Gasteiger partial charge in [-0.3, -0.25) is 19.9 Å². The number of amides is 1. The van der Waals surface area contributed by atoms with Gasteiger partial charge in [0.15, 0.2) is 11.5 Å². The van der Waals surface area contributed by atoms with Crippen LogP contribution in [-0.4, -0.2) is 59.9 Å². The Kier molecular flexibility index (Phi) is 5.00. The second-order valence-electron chi connectivity index (χ2n) is 7.00. The molecular weight excluding hydrogens is 348 g/mol. The fraction of sp³-hybridized carbons (Fsp3) is 0.474. The van der Waals surface area contributed by atoms with Crippen LogP contribution < -0.4 is 14.8 Å². The lowest BCUT2D eigenvalue weighted by Crippen LogP contribution is -2.52. The van der Waals surface area contributed by atoms with Crippen LogP contribution in [0.3, 0.4) is 0 Å². The first kappa shape index (κ1) is 17.8. The Morgan fingerprint density at radius 1 is 1.19 bits per heavy atom. The van der Waals surface area contributed by atoms with Crippen LogP contribution in [0.25, 0.3) is 0 Å². The lowest BCUT2D eigenvalue weighted by Gasteiger charge is -2.37. The Morgan fingerprint density at radius 3 is 2.70 bits per heavy atom. The van der Waals surface area contributed by atoms with E-state index in [9.17, 15) is 4.79 Å². The third-order valence-electron chi connectivity index (χ3n) is 5.05. The maximum Gasteiger partial charge on any atom is 0.243 e. The van der Waals surface area contributed by atoms with Crippen LogP contribution in [-0.2, 0) is 11.3 Å². The molecule has 1 N–H and O–H groups in total. The van der Waals surface area contributed by atoms with Gasteiger partial charge in [0.1, 0.15) is 0 Å². The molecule has 8 nitrogen and oxygen atoms in total. The molecule has 3 heterocycles. The van der Waals surface area contributed by atoms with Crippen LogP contribution in [0, 0.1) is 6.92 Å². The zero-order chi connectivity index (χ0) is 18.8. The summed E-state index contributed by atoms with van der Waals surface area (Å²) in [6, 6.07) is 7.59. The van der Waals surface area contributed by atoms with E-state index in [-0.39, 0.29) is 11.9 Å². The summed E-state index contributed by atoms with van der Waals surface area (Å²) in [5.74, 6) is 1.95. The number of hydrogen-bond donors (Lipinski definition) is 1. The monoisotopic (exact) mass is 372 g/mol. The molecule has 0 radical (unpaired) electrons. The highest BCUT2D eigenvalue weighted by Gasteiger charge is 2.26. The number of rotatable bonds is 5. The number of carbonyl (C=O) groups is 1. The van der Waals surface area contributed by atoms with Gasteiger partial charge in [0, 0.05) is 38.8 Å². The average Bonchev–Trinajstić information content (AvgIpc) is 3.30. The second kappa shape index (κ2) is 7.58. The van der Waals surface area contributed by atoms with E-state index in [0.717, 1.165) is 49.9 Å². The summed E-state index contributed by atoms with van der Waals surface area (Å²) in [5.41, 5.74) is 1.95. The SMILES string of the molecule is Cc1cc(NC(=O)C(C)N2CCN(Cc3ccc4c(c3)OCO4)CC2)on1. The number of benzene rings is 1. The minimum absolute atomic E-state index is 0.0737. The first-order valence-electron chi connectivity index (χ1n) is 9.17. The van der Waals surface area contributed by atoms with Crippen LogP contribution in [0.1, 0.15) is 18.2 Å². The Balaban J connectivity index is 1.27. The van der Waals surface area contributed by atoms with Crippen LogP contribution in [0.5, 0.6) is 11.5 Å². The lowest BCUT2D eigenvalue weighted by molar-refractivity contribution is -0.121. The van der Waals surface area contributed by atoms with Crippen molar-refractivity contribution < 1.29 is 18.8 Å². The highest BCUT2D eigenvalue weighted by atomic mass is 16.7. The predicted molar refractivity (Wildman–Crippen MR) is 98.7 cm³/mol. The van der Waals surface area contributed by atoms with Gasteiger partial charge in [-0.05, 0) is 31.5 Å². The van der Waals surface area contributed by atoms with Crippen molar-refractivity contribution in [1.29, 1.82) is 0 Å². The zero-order valence-corrected chi connectivity index (χ0v) is 15.6. The summed E-state index contributed by atoms with van der Waals surface area (Å²) < 4.78 is 15.9. The largest absolute Gasteiger partial charge is 0.454 e. The molecule has 27 heavy (non-hydrogen) atoms. The molecule has 4 rings (SSSR count). The van der Waals surface area contributed by atoms with Gasteiger partial charge in [-0.2, -0.15) is 0 Å². The van der Waals surface area contributed by atoms with Gasteiger partial charge in [0.25, 0.3) is 0 Å². The van der Waals surface area contributed by atoms with Crippen molar-refractivity contribution in [2.75, 3.05) is 38.3 Å². The van der Waals surface area contributed by atoms with E-state index >= 15 is 0 Å². The van der Waals surface area contributed by atoms with Gasteiger partial charge in [-0.1, -0.05) is 11.2 Å². The molecule has 1 atom stereocenters. The summed E-state index contributed by atoms with van der Waals surface area (Å²) >= 11 is 0. The summed E-state index contributed by atoms with van der Waals surface area (Å²) in [7, 11) is 0. The standard InChI is InChI=1S/C19H24N4O4/c1-13-9-18(27-21-13)20-19(24)14(2)23-7-5-22(6-8-23)11-15-3-4-16-17(10-15)26-12-25-16/h3-4,9-10,14H,5-8,11-12H2,1-2H3,(H,20,24). The summed E-state index contributed by atoms with van der Waals surface area (Å²) in [6.07, 6.45) is 0. The molecule has 1 saturated heterocycles.